The Morgan fingerprint density at radius 2 is 2.14 bits per heavy atom. The van der Waals surface area contributed by atoms with Crippen LogP contribution in [0.3, 0.4) is 0 Å². The van der Waals surface area contributed by atoms with E-state index in [2.05, 4.69) is 32.0 Å². The Balaban J connectivity index is 2.45. The van der Waals surface area contributed by atoms with Gasteiger partial charge in [-0.1, -0.05) is 26.0 Å². The number of ether oxygens (including phenoxy) is 1. The topological polar surface area (TPSA) is 9.23 Å². The lowest BCUT2D eigenvalue weighted by Crippen LogP contribution is -2.04. The van der Waals surface area contributed by atoms with Gasteiger partial charge >= 0.3 is 0 Å². The highest BCUT2D eigenvalue weighted by molar-refractivity contribution is 5.46. The van der Waals surface area contributed by atoms with Crippen molar-refractivity contribution >= 4 is 0 Å². The van der Waals surface area contributed by atoms with Crippen LogP contribution in [0.5, 0.6) is 5.75 Å². The van der Waals surface area contributed by atoms with Crippen LogP contribution >= 0.6 is 0 Å². The molecule has 0 radical (unpaired) electrons. The molecule has 14 heavy (non-hydrogen) atoms. The van der Waals surface area contributed by atoms with Crippen molar-refractivity contribution in [3.05, 3.63) is 29.3 Å². The summed E-state index contributed by atoms with van der Waals surface area (Å²) in [5, 5.41) is 0. The van der Waals surface area contributed by atoms with Crippen molar-refractivity contribution in [2.45, 2.75) is 32.6 Å². The predicted octanol–water partition coefficient (Wildman–Crippen LogP) is 3.38. The SMILES string of the molecule is COc1cccc2c1C(C(C)C)CC2. The summed E-state index contributed by atoms with van der Waals surface area (Å²) in [4.78, 5) is 0. The van der Waals surface area contributed by atoms with Gasteiger partial charge in [0, 0.05) is 5.56 Å². The summed E-state index contributed by atoms with van der Waals surface area (Å²) in [6, 6.07) is 6.42. The average Bonchev–Trinajstić information content (AvgIpc) is 2.60. The first-order valence-electron chi connectivity index (χ1n) is 5.39. The molecule has 0 aromatic heterocycles. The first-order chi connectivity index (χ1) is 6.74. The van der Waals surface area contributed by atoms with Crippen molar-refractivity contribution in [2.75, 3.05) is 7.11 Å². The van der Waals surface area contributed by atoms with E-state index in [4.69, 9.17) is 4.74 Å². The Morgan fingerprint density at radius 1 is 1.36 bits per heavy atom. The summed E-state index contributed by atoms with van der Waals surface area (Å²) in [6.07, 6.45) is 2.50. The number of hydrogen-bond donors (Lipinski definition) is 0. The molecule has 0 spiro atoms. The Bertz CT molecular complexity index is 328. The van der Waals surface area contributed by atoms with E-state index in [1.54, 1.807) is 7.11 Å². The molecule has 1 heteroatoms. The Morgan fingerprint density at radius 3 is 2.79 bits per heavy atom. The number of benzene rings is 1. The quantitative estimate of drug-likeness (QED) is 0.694. The minimum atomic E-state index is 0.696. The number of hydrogen-bond acceptors (Lipinski definition) is 1. The lowest BCUT2D eigenvalue weighted by atomic mass is 9.89. The van der Waals surface area contributed by atoms with Gasteiger partial charge in [0.15, 0.2) is 0 Å². The van der Waals surface area contributed by atoms with Gasteiger partial charge in [0.05, 0.1) is 7.11 Å². The molecule has 0 heterocycles. The highest BCUT2D eigenvalue weighted by atomic mass is 16.5. The van der Waals surface area contributed by atoms with E-state index in [1.807, 2.05) is 0 Å². The third kappa shape index (κ3) is 1.41. The van der Waals surface area contributed by atoms with E-state index in [-0.39, 0.29) is 0 Å². The molecule has 0 saturated carbocycles. The Kier molecular flexibility index (Phi) is 2.49. The average molecular weight is 190 g/mol. The third-order valence-corrected chi connectivity index (χ3v) is 3.28. The van der Waals surface area contributed by atoms with Crippen LogP contribution in [0.15, 0.2) is 18.2 Å². The normalized spacial score (nSPS) is 19.9. The number of methoxy groups -OCH3 is 1. The predicted molar refractivity (Wildman–Crippen MR) is 58.9 cm³/mol. The van der Waals surface area contributed by atoms with Gasteiger partial charge in [-0.15, -0.1) is 0 Å². The highest BCUT2D eigenvalue weighted by Gasteiger charge is 2.27. The maximum Gasteiger partial charge on any atom is 0.122 e. The van der Waals surface area contributed by atoms with E-state index in [0.717, 1.165) is 5.75 Å². The van der Waals surface area contributed by atoms with Crippen LogP contribution < -0.4 is 4.74 Å². The molecule has 76 valence electrons. The molecule has 0 amide bonds. The van der Waals surface area contributed by atoms with Crippen molar-refractivity contribution in [1.29, 1.82) is 0 Å². The zero-order valence-corrected chi connectivity index (χ0v) is 9.21. The first-order valence-corrected chi connectivity index (χ1v) is 5.39. The Labute approximate surface area is 86.1 Å². The van der Waals surface area contributed by atoms with Crippen molar-refractivity contribution in [1.82, 2.24) is 0 Å². The van der Waals surface area contributed by atoms with Gasteiger partial charge in [-0.05, 0) is 36.3 Å². The lowest BCUT2D eigenvalue weighted by molar-refractivity contribution is 0.397. The maximum absolute atomic E-state index is 5.44. The van der Waals surface area contributed by atoms with Gasteiger partial charge in [0.1, 0.15) is 5.75 Å². The van der Waals surface area contributed by atoms with Crippen LogP contribution in [0.25, 0.3) is 0 Å². The van der Waals surface area contributed by atoms with Crippen molar-refractivity contribution in [2.24, 2.45) is 5.92 Å². The van der Waals surface area contributed by atoms with E-state index >= 15 is 0 Å². The van der Waals surface area contributed by atoms with Crippen LogP contribution in [0.1, 0.15) is 37.3 Å². The molecule has 2 rings (SSSR count). The highest BCUT2D eigenvalue weighted by Crippen LogP contribution is 2.43. The molecule has 0 N–H and O–H groups in total. The second kappa shape index (κ2) is 3.64. The first kappa shape index (κ1) is 9.57. The smallest absolute Gasteiger partial charge is 0.122 e. The summed E-state index contributed by atoms with van der Waals surface area (Å²) < 4.78 is 5.44. The van der Waals surface area contributed by atoms with Gasteiger partial charge in [0.25, 0.3) is 0 Å². The lowest BCUT2D eigenvalue weighted by Gasteiger charge is -2.18. The monoisotopic (exact) mass is 190 g/mol. The van der Waals surface area contributed by atoms with Crippen molar-refractivity contribution < 1.29 is 4.74 Å². The minimum Gasteiger partial charge on any atom is -0.496 e. The molecular weight excluding hydrogens is 172 g/mol. The van der Waals surface area contributed by atoms with Gasteiger partial charge in [-0.3, -0.25) is 0 Å². The molecule has 0 saturated heterocycles. The molecule has 0 aliphatic heterocycles. The van der Waals surface area contributed by atoms with Gasteiger partial charge in [-0.25, -0.2) is 0 Å². The molecule has 1 aromatic rings. The standard InChI is InChI=1S/C13H18O/c1-9(2)11-8-7-10-5-4-6-12(14-3)13(10)11/h4-6,9,11H,7-8H2,1-3H3. The van der Waals surface area contributed by atoms with Crippen molar-refractivity contribution in [3.8, 4) is 5.75 Å². The van der Waals surface area contributed by atoms with Gasteiger partial charge < -0.3 is 4.74 Å². The number of rotatable bonds is 2. The molecular formula is C13H18O. The van der Waals surface area contributed by atoms with E-state index < -0.39 is 0 Å². The van der Waals surface area contributed by atoms with E-state index in [9.17, 15) is 0 Å². The van der Waals surface area contributed by atoms with Gasteiger partial charge in [0.2, 0.25) is 0 Å². The zero-order valence-electron chi connectivity index (χ0n) is 9.21. The van der Waals surface area contributed by atoms with Crippen LogP contribution in [0, 0.1) is 5.92 Å². The van der Waals surface area contributed by atoms with E-state index in [1.165, 1.54) is 24.0 Å². The molecule has 1 unspecified atom stereocenters. The largest absolute Gasteiger partial charge is 0.496 e. The van der Waals surface area contributed by atoms with E-state index in [0.29, 0.717) is 11.8 Å². The number of aryl methyl sites for hydroxylation is 1. The fourth-order valence-electron chi connectivity index (χ4n) is 2.53. The van der Waals surface area contributed by atoms with Crippen LogP contribution in [-0.4, -0.2) is 7.11 Å². The summed E-state index contributed by atoms with van der Waals surface area (Å²) >= 11 is 0. The molecule has 1 aliphatic carbocycles. The summed E-state index contributed by atoms with van der Waals surface area (Å²) in [7, 11) is 1.77. The molecule has 1 atom stereocenters. The number of fused-ring (bicyclic) bond motifs is 1. The zero-order chi connectivity index (χ0) is 10.1. The van der Waals surface area contributed by atoms with Crippen LogP contribution in [0.2, 0.25) is 0 Å². The van der Waals surface area contributed by atoms with Gasteiger partial charge in [-0.2, -0.15) is 0 Å². The van der Waals surface area contributed by atoms with Crippen LogP contribution in [0.4, 0.5) is 0 Å². The molecule has 1 nitrogen and oxygen atoms in total. The fourth-order valence-corrected chi connectivity index (χ4v) is 2.53. The summed E-state index contributed by atoms with van der Waals surface area (Å²) in [5.41, 5.74) is 2.95. The molecule has 1 aromatic carbocycles. The fraction of sp³-hybridized carbons (Fsp3) is 0.538. The molecule has 0 fully saturated rings. The molecule has 1 aliphatic rings. The maximum atomic E-state index is 5.44. The second-order valence-corrected chi connectivity index (χ2v) is 4.42. The minimum absolute atomic E-state index is 0.696. The van der Waals surface area contributed by atoms with Crippen molar-refractivity contribution in [3.63, 3.8) is 0 Å². The molecule has 0 bridgehead atoms. The summed E-state index contributed by atoms with van der Waals surface area (Å²) in [5.74, 6) is 2.49. The van der Waals surface area contributed by atoms with Crippen LogP contribution in [-0.2, 0) is 6.42 Å². The summed E-state index contributed by atoms with van der Waals surface area (Å²) in [6.45, 7) is 4.60. The third-order valence-electron chi connectivity index (χ3n) is 3.28. The Hall–Kier alpha value is -0.980. The second-order valence-electron chi connectivity index (χ2n) is 4.42.